The quantitative estimate of drug-likeness (QED) is 0.648. The van der Waals surface area contributed by atoms with Crippen molar-refractivity contribution in [3.05, 3.63) is 0 Å². The van der Waals surface area contributed by atoms with Crippen molar-refractivity contribution in [2.75, 3.05) is 19.8 Å². The topological polar surface area (TPSA) is 47.6 Å². The summed E-state index contributed by atoms with van der Waals surface area (Å²) in [6, 6.07) is 0.495. The Morgan fingerprint density at radius 2 is 1.95 bits per heavy atom. The first-order valence-corrected chi connectivity index (χ1v) is 7.77. The van der Waals surface area contributed by atoms with E-state index in [9.17, 15) is 4.79 Å². The average Bonchev–Trinajstić information content (AvgIpc) is 3.26. The predicted octanol–water partition coefficient (Wildman–Crippen LogP) is 1.88. The molecule has 1 N–H and O–H groups in total. The number of ether oxygens (including phenoxy) is 2. The maximum Gasteiger partial charge on any atom is 0.329 e. The van der Waals surface area contributed by atoms with Crippen LogP contribution in [0.5, 0.6) is 0 Å². The largest absolute Gasteiger partial charge is 0.465 e. The molecular formula is C15H25NO3. The molecule has 0 aromatic heterocycles. The van der Waals surface area contributed by atoms with Gasteiger partial charge in [0.25, 0.3) is 0 Å². The average molecular weight is 267 g/mol. The lowest BCUT2D eigenvalue weighted by molar-refractivity contribution is -0.156. The molecule has 1 unspecified atom stereocenters. The van der Waals surface area contributed by atoms with E-state index < -0.39 is 5.54 Å². The second-order valence-corrected chi connectivity index (χ2v) is 6.34. The minimum atomic E-state index is -0.563. The molecule has 0 radical (unpaired) electrons. The van der Waals surface area contributed by atoms with E-state index >= 15 is 0 Å². The van der Waals surface area contributed by atoms with Gasteiger partial charge in [0.15, 0.2) is 0 Å². The first-order valence-electron chi connectivity index (χ1n) is 7.77. The van der Waals surface area contributed by atoms with Crippen molar-refractivity contribution in [1.29, 1.82) is 0 Å². The molecule has 0 spiro atoms. The van der Waals surface area contributed by atoms with Gasteiger partial charge >= 0.3 is 5.97 Å². The highest BCUT2D eigenvalue weighted by Crippen LogP contribution is 2.43. The van der Waals surface area contributed by atoms with Crippen molar-refractivity contribution in [2.24, 2.45) is 11.8 Å². The first-order chi connectivity index (χ1) is 9.24. The Morgan fingerprint density at radius 3 is 2.47 bits per heavy atom. The van der Waals surface area contributed by atoms with Crippen LogP contribution in [-0.2, 0) is 14.3 Å². The standard InChI is InChI=1S/C15H25NO3/c1-2-19-14(17)15(12-5-6-12,16-13-7-8-13)10-18-9-11-3-4-11/h11-13,16H,2-10H2,1H3. The molecule has 4 heteroatoms. The Labute approximate surface area is 115 Å². The van der Waals surface area contributed by atoms with Gasteiger partial charge in [0, 0.05) is 12.6 Å². The molecule has 3 aliphatic carbocycles. The van der Waals surface area contributed by atoms with E-state index in [1.807, 2.05) is 6.92 Å². The smallest absolute Gasteiger partial charge is 0.329 e. The van der Waals surface area contributed by atoms with Crippen molar-refractivity contribution < 1.29 is 14.3 Å². The zero-order valence-electron chi connectivity index (χ0n) is 11.8. The lowest BCUT2D eigenvalue weighted by atomic mass is 9.93. The van der Waals surface area contributed by atoms with Crippen molar-refractivity contribution in [3.8, 4) is 0 Å². The minimum absolute atomic E-state index is 0.0970. The third kappa shape index (κ3) is 3.29. The summed E-state index contributed by atoms with van der Waals surface area (Å²) in [5, 5.41) is 3.55. The Kier molecular flexibility index (Phi) is 3.81. The van der Waals surface area contributed by atoms with Gasteiger partial charge in [-0.3, -0.25) is 5.32 Å². The Bertz CT molecular complexity index is 334. The number of hydrogen-bond donors (Lipinski definition) is 1. The van der Waals surface area contributed by atoms with Gasteiger partial charge in [-0.2, -0.15) is 0 Å². The molecule has 3 rings (SSSR count). The highest BCUT2D eigenvalue weighted by molar-refractivity contribution is 5.82. The van der Waals surface area contributed by atoms with Crippen LogP contribution in [-0.4, -0.2) is 37.4 Å². The number of carbonyl (C=O) groups excluding carboxylic acids is 1. The lowest BCUT2D eigenvalue weighted by Crippen LogP contribution is -2.59. The van der Waals surface area contributed by atoms with E-state index in [2.05, 4.69) is 5.32 Å². The Hall–Kier alpha value is -0.610. The Morgan fingerprint density at radius 1 is 1.21 bits per heavy atom. The fraction of sp³-hybridized carbons (Fsp3) is 0.933. The summed E-state index contributed by atoms with van der Waals surface area (Å²) in [5.74, 6) is 1.05. The number of rotatable bonds is 9. The molecule has 3 aliphatic rings. The van der Waals surface area contributed by atoms with Gasteiger partial charge in [0.05, 0.1) is 13.2 Å². The molecule has 0 aromatic carbocycles. The van der Waals surface area contributed by atoms with Crippen LogP contribution in [0.15, 0.2) is 0 Å². The fourth-order valence-electron chi connectivity index (χ4n) is 2.66. The summed E-state index contributed by atoms with van der Waals surface area (Å²) in [7, 11) is 0. The zero-order valence-corrected chi connectivity index (χ0v) is 11.8. The van der Waals surface area contributed by atoms with Crippen LogP contribution >= 0.6 is 0 Å². The van der Waals surface area contributed by atoms with Crippen LogP contribution in [0.1, 0.15) is 45.4 Å². The second kappa shape index (κ2) is 5.41. The van der Waals surface area contributed by atoms with Gasteiger partial charge < -0.3 is 9.47 Å². The summed E-state index contributed by atoms with van der Waals surface area (Å²) < 4.78 is 11.2. The highest BCUT2D eigenvalue weighted by Gasteiger charge is 2.54. The van der Waals surface area contributed by atoms with Crippen LogP contribution in [0, 0.1) is 11.8 Å². The van der Waals surface area contributed by atoms with E-state index in [4.69, 9.17) is 9.47 Å². The second-order valence-electron chi connectivity index (χ2n) is 6.34. The van der Waals surface area contributed by atoms with Crippen LogP contribution in [0.3, 0.4) is 0 Å². The molecule has 4 nitrogen and oxygen atoms in total. The van der Waals surface area contributed by atoms with Crippen molar-refractivity contribution in [2.45, 2.75) is 57.0 Å². The highest BCUT2D eigenvalue weighted by atomic mass is 16.5. The normalized spacial score (nSPS) is 25.9. The van der Waals surface area contributed by atoms with E-state index in [0.717, 1.165) is 25.4 Å². The molecule has 0 saturated heterocycles. The van der Waals surface area contributed by atoms with E-state index in [-0.39, 0.29) is 5.97 Å². The molecule has 108 valence electrons. The van der Waals surface area contributed by atoms with E-state index in [1.54, 1.807) is 0 Å². The molecule has 0 amide bonds. The van der Waals surface area contributed by atoms with Crippen LogP contribution in [0.2, 0.25) is 0 Å². The maximum atomic E-state index is 12.4. The third-order valence-electron chi connectivity index (χ3n) is 4.33. The number of esters is 1. The van der Waals surface area contributed by atoms with E-state index in [0.29, 0.717) is 25.2 Å². The molecular weight excluding hydrogens is 242 g/mol. The Balaban J connectivity index is 1.64. The molecule has 1 atom stereocenters. The summed E-state index contributed by atoms with van der Waals surface area (Å²) >= 11 is 0. The van der Waals surface area contributed by atoms with Crippen molar-refractivity contribution in [3.63, 3.8) is 0 Å². The molecule has 19 heavy (non-hydrogen) atoms. The predicted molar refractivity (Wildman–Crippen MR) is 71.8 cm³/mol. The summed E-state index contributed by atoms with van der Waals surface area (Å²) in [5.41, 5.74) is -0.563. The number of hydrogen-bond acceptors (Lipinski definition) is 4. The van der Waals surface area contributed by atoms with E-state index in [1.165, 1.54) is 25.7 Å². The fourth-order valence-corrected chi connectivity index (χ4v) is 2.66. The van der Waals surface area contributed by atoms with Gasteiger partial charge in [-0.25, -0.2) is 4.79 Å². The minimum Gasteiger partial charge on any atom is -0.465 e. The van der Waals surface area contributed by atoms with Gasteiger partial charge in [0.2, 0.25) is 0 Å². The van der Waals surface area contributed by atoms with Gasteiger partial charge in [-0.05, 0) is 57.3 Å². The maximum absolute atomic E-state index is 12.4. The monoisotopic (exact) mass is 267 g/mol. The van der Waals surface area contributed by atoms with Crippen molar-refractivity contribution in [1.82, 2.24) is 5.32 Å². The van der Waals surface area contributed by atoms with Gasteiger partial charge in [-0.15, -0.1) is 0 Å². The number of nitrogens with one attached hydrogen (secondary N) is 1. The number of carbonyl (C=O) groups is 1. The SMILES string of the molecule is CCOC(=O)C(COCC1CC1)(NC1CC1)C1CC1. The van der Waals surface area contributed by atoms with Gasteiger partial charge in [0.1, 0.15) is 5.54 Å². The molecule has 0 aromatic rings. The zero-order chi connectivity index (χ0) is 13.3. The first kappa shape index (κ1) is 13.4. The van der Waals surface area contributed by atoms with Crippen LogP contribution < -0.4 is 5.32 Å². The molecule has 0 bridgehead atoms. The van der Waals surface area contributed by atoms with Crippen LogP contribution in [0.25, 0.3) is 0 Å². The van der Waals surface area contributed by atoms with Crippen LogP contribution in [0.4, 0.5) is 0 Å². The molecule has 0 heterocycles. The summed E-state index contributed by atoms with van der Waals surface area (Å²) in [4.78, 5) is 12.4. The van der Waals surface area contributed by atoms with Gasteiger partial charge in [-0.1, -0.05) is 0 Å². The van der Waals surface area contributed by atoms with Crippen molar-refractivity contribution >= 4 is 5.97 Å². The lowest BCUT2D eigenvalue weighted by Gasteiger charge is -2.32. The summed E-state index contributed by atoms with van der Waals surface area (Å²) in [6.45, 7) is 3.61. The molecule has 0 aliphatic heterocycles. The molecule has 3 fully saturated rings. The molecule has 3 saturated carbocycles. The summed E-state index contributed by atoms with van der Waals surface area (Å²) in [6.07, 6.45) is 7.15. The third-order valence-corrected chi connectivity index (χ3v) is 4.33.